The SMILES string of the molecule is c1ccc(-c2cc(-c3ccc4ccc5cccc6ccc3c4c56)c3c(c2)oc2c4ccccc4ccc23)cc1. The highest BCUT2D eigenvalue weighted by Gasteiger charge is 2.19. The summed E-state index contributed by atoms with van der Waals surface area (Å²) in [6, 6.07) is 48.3. The maximum atomic E-state index is 6.72. The van der Waals surface area contributed by atoms with Crippen LogP contribution in [-0.2, 0) is 0 Å². The van der Waals surface area contributed by atoms with Crippen LogP contribution >= 0.6 is 0 Å². The van der Waals surface area contributed by atoms with E-state index in [1.165, 1.54) is 59.8 Å². The van der Waals surface area contributed by atoms with Crippen LogP contribution in [0.1, 0.15) is 0 Å². The highest BCUT2D eigenvalue weighted by Crippen LogP contribution is 2.45. The molecule has 0 radical (unpaired) electrons. The molecule has 0 saturated carbocycles. The summed E-state index contributed by atoms with van der Waals surface area (Å²) in [6.45, 7) is 0. The van der Waals surface area contributed by atoms with E-state index in [-0.39, 0.29) is 0 Å². The molecule has 0 amide bonds. The van der Waals surface area contributed by atoms with Gasteiger partial charge in [-0.15, -0.1) is 0 Å². The number of rotatable bonds is 2. The molecule has 0 aliphatic heterocycles. The maximum absolute atomic E-state index is 6.72. The van der Waals surface area contributed by atoms with Gasteiger partial charge in [0.1, 0.15) is 11.2 Å². The molecule has 1 aromatic heterocycles. The molecule has 1 nitrogen and oxygen atoms in total. The first kappa shape index (κ1) is 20.9. The van der Waals surface area contributed by atoms with Crippen LogP contribution in [0.4, 0.5) is 0 Å². The van der Waals surface area contributed by atoms with Crippen LogP contribution in [0.3, 0.4) is 0 Å². The first-order valence-corrected chi connectivity index (χ1v) is 13.4. The Morgan fingerprint density at radius 2 is 1.03 bits per heavy atom. The monoisotopic (exact) mass is 494 g/mol. The molecule has 0 aliphatic carbocycles. The van der Waals surface area contributed by atoms with Crippen molar-refractivity contribution in [1.82, 2.24) is 0 Å². The van der Waals surface area contributed by atoms with Crippen LogP contribution in [0.2, 0.25) is 0 Å². The smallest absolute Gasteiger partial charge is 0.143 e. The first-order valence-electron chi connectivity index (χ1n) is 13.4. The number of furan rings is 1. The van der Waals surface area contributed by atoms with Crippen molar-refractivity contribution in [2.75, 3.05) is 0 Å². The van der Waals surface area contributed by atoms with Gasteiger partial charge in [0.05, 0.1) is 0 Å². The average Bonchev–Trinajstić information content (AvgIpc) is 3.39. The van der Waals surface area contributed by atoms with E-state index >= 15 is 0 Å². The van der Waals surface area contributed by atoms with Crippen LogP contribution in [0.15, 0.2) is 138 Å². The fourth-order valence-electron chi connectivity index (χ4n) is 6.61. The number of hydrogen-bond donors (Lipinski definition) is 0. The second kappa shape index (κ2) is 7.69. The predicted octanol–water partition coefficient (Wildman–Crippen LogP) is 11.0. The van der Waals surface area contributed by atoms with Crippen molar-refractivity contribution < 1.29 is 4.42 Å². The van der Waals surface area contributed by atoms with Gasteiger partial charge >= 0.3 is 0 Å². The normalized spacial score (nSPS) is 12.1. The molecule has 0 aliphatic rings. The Bertz CT molecular complexity index is 2360. The van der Waals surface area contributed by atoms with Crippen molar-refractivity contribution in [2.45, 2.75) is 0 Å². The average molecular weight is 495 g/mol. The van der Waals surface area contributed by atoms with E-state index in [0.29, 0.717) is 0 Å². The third-order valence-corrected chi connectivity index (χ3v) is 8.39. The van der Waals surface area contributed by atoms with Gasteiger partial charge < -0.3 is 4.42 Å². The Kier molecular flexibility index (Phi) is 4.11. The van der Waals surface area contributed by atoms with Gasteiger partial charge in [0.15, 0.2) is 0 Å². The Labute approximate surface area is 224 Å². The summed E-state index contributed by atoms with van der Waals surface area (Å²) >= 11 is 0. The molecule has 0 fully saturated rings. The summed E-state index contributed by atoms with van der Waals surface area (Å²) in [7, 11) is 0. The van der Waals surface area contributed by atoms with E-state index in [1.54, 1.807) is 0 Å². The maximum Gasteiger partial charge on any atom is 0.143 e. The summed E-state index contributed by atoms with van der Waals surface area (Å²) in [5.74, 6) is 0. The van der Waals surface area contributed by atoms with Gasteiger partial charge in [0.2, 0.25) is 0 Å². The fraction of sp³-hybridized carbons (Fsp3) is 0. The van der Waals surface area contributed by atoms with Gasteiger partial charge in [-0.2, -0.15) is 0 Å². The molecule has 0 saturated heterocycles. The number of hydrogen-bond acceptors (Lipinski definition) is 1. The lowest BCUT2D eigenvalue weighted by atomic mass is 9.87. The highest BCUT2D eigenvalue weighted by atomic mass is 16.3. The zero-order valence-corrected chi connectivity index (χ0v) is 21.1. The second-order valence-electron chi connectivity index (χ2n) is 10.5. The van der Waals surface area contributed by atoms with E-state index in [0.717, 1.165) is 27.5 Å². The Balaban J connectivity index is 1.47. The summed E-state index contributed by atoms with van der Waals surface area (Å²) in [4.78, 5) is 0. The van der Waals surface area contributed by atoms with Crippen LogP contribution in [0, 0.1) is 0 Å². The number of fused-ring (bicyclic) bond motifs is 5. The molecule has 8 aromatic carbocycles. The zero-order chi connectivity index (χ0) is 25.5. The Morgan fingerprint density at radius 3 is 1.90 bits per heavy atom. The minimum atomic E-state index is 0.920. The van der Waals surface area contributed by atoms with Gasteiger partial charge in [-0.05, 0) is 78.2 Å². The van der Waals surface area contributed by atoms with Crippen molar-refractivity contribution in [3.63, 3.8) is 0 Å². The summed E-state index contributed by atoms with van der Waals surface area (Å²) in [5, 5.41) is 12.5. The molecule has 0 bridgehead atoms. The van der Waals surface area contributed by atoms with Crippen molar-refractivity contribution in [1.29, 1.82) is 0 Å². The lowest BCUT2D eigenvalue weighted by molar-refractivity contribution is 0.673. The lowest BCUT2D eigenvalue weighted by Crippen LogP contribution is -1.89. The van der Waals surface area contributed by atoms with Gasteiger partial charge in [-0.3, -0.25) is 0 Å². The molecule has 39 heavy (non-hydrogen) atoms. The standard InChI is InChI=1S/C38H22O/c1-2-7-23(8-3-1)28-21-33(37-32-20-15-24-9-4-5-12-29(24)38(32)39-34(37)22-28)30-18-16-27-14-13-25-10-6-11-26-17-19-31(30)36(27)35(25)26/h1-22H. The third-order valence-electron chi connectivity index (χ3n) is 8.39. The van der Waals surface area contributed by atoms with E-state index in [1.807, 2.05) is 0 Å². The number of benzene rings is 8. The molecule has 9 aromatic rings. The molecule has 0 unspecified atom stereocenters. The molecule has 0 atom stereocenters. The molecule has 1 heterocycles. The fourth-order valence-corrected chi connectivity index (χ4v) is 6.61. The van der Waals surface area contributed by atoms with Crippen LogP contribution in [0.5, 0.6) is 0 Å². The molecule has 1 heteroatoms. The third kappa shape index (κ3) is 2.90. The lowest BCUT2D eigenvalue weighted by Gasteiger charge is -2.15. The van der Waals surface area contributed by atoms with Gasteiger partial charge in [-0.1, -0.05) is 115 Å². The molecule has 9 rings (SSSR count). The van der Waals surface area contributed by atoms with Crippen molar-refractivity contribution >= 4 is 65.0 Å². The van der Waals surface area contributed by atoms with E-state index in [9.17, 15) is 0 Å². The van der Waals surface area contributed by atoms with Gasteiger partial charge in [0.25, 0.3) is 0 Å². The van der Waals surface area contributed by atoms with E-state index in [2.05, 4.69) is 133 Å². The van der Waals surface area contributed by atoms with Crippen molar-refractivity contribution in [3.8, 4) is 22.3 Å². The minimum absolute atomic E-state index is 0.920. The first-order chi connectivity index (χ1) is 19.3. The topological polar surface area (TPSA) is 13.1 Å². The van der Waals surface area contributed by atoms with Crippen molar-refractivity contribution in [3.05, 3.63) is 133 Å². The predicted molar refractivity (Wildman–Crippen MR) is 166 cm³/mol. The molecular weight excluding hydrogens is 472 g/mol. The molecule has 180 valence electrons. The largest absolute Gasteiger partial charge is 0.455 e. The Hall–Kier alpha value is -5.14. The summed E-state index contributed by atoms with van der Waals surface area (Å²) in [5.41, 5.74) is 6.66. The zero-order valence-electron chi connectivity index (χ0n) is 21.1. The molecule has 0 spiro atoms. The van der Waals surface area contributed by atoms with Crippen LogP contribution in [-0.4, -0.2) is 0 Å². The molecular formula is C38H22O. The van der Waals surface area contributed by atoms with Gasteiger partial charge in [-0.25, -0.2) is 0 Å². The molecule has 0 N–H and O–H groups in total. The van der Waals surface area contributed by atoms with Crippen LogP contribution in [0.25, 0.3) is 87.3 Å². The quantitative estimate of drug-likeness (QED) is 0.218. The summed E-state index contributed by atoms with van der Waals surface area (Å²) in [6.07, 6.45) is 0. The minimum Gasteiger partial charge on any atom is -0.455 e. The Morgan fingerprint density at radius 1 is 0.359 bits per heavy atom. The second-order valence-corrected chi connectivity index (χ2v) is 10.5. The van der Waals surface area contributed by atoms with E-state index in [4.69, 9.17) is 4.42 Å². The van der Waals surface area contributed by atoms with Crippen molar-refractivity contribution in [2.24, 2.45) is 0 Å². The van der Waals surface area contributed by atoms with Gasteiger partial charge in [0, 0.05) is 16.2 Å². The van der Waals surface area contributed by atoms with Crippen LogP contribution < -0.4 is 0 Å². The summed E-state index contributed by atoms with van der Waals surface area (Å²) < 4.78 is 6.72. The van der Waals surface area contributed by atoms with E-state index < -0.39 is 0 Å². The highest BCUT2D eigenvalue weighted by molar-refractivity contribution is 6.28.